The van der Waals surface area contributed by atoms with Gasteiger partial charge in [-0.05, 0) is 61.8 Å². The smallest absolute Gasteiger partial charge is 0.251 e. The Kier molecular flexibility index (Phi) is 6.93. The van der Waals surface area contributed by atoms with Crippen molar-refractivity contribution in [2.24, 2.45) is 0 Å². The SMILES string of the molecule is COc1ccc([C@@H](CNC(=O)c2cccc(N(C)C)c2)N2CCCCC2)cc1. The van der Waals surface area contributed by atoms with Crippen molar-refractivity contribution in [1.82, 2.24) is 10.2 Å². The second kappa shape index (κ2) is 9.60. The van der Waals surface area contributed by atoms with Gasteiger partial charge in [-0.2, -0.15) is 0 Å². The Morgan fingerprint density at radius 2 is 1.82 bits per heavy atom. The third kappa shape index (κ3) is 5.04. The van der Waals surface area contributed by atoms with Crippen LogP contribution in [0.5, 0.6) is 5.75 Å². The molecule has 1 aliphatic rings. The van der Waals surface area contributed by atoms with E-state index in [0.29, 0.717) is 12.1 Å². The lowest BCUT2D eigenvalue weighted by atomic mass is 10.0. The molecule has 0 spiro atoms. The van der Waals surface area contributed by atoms with Crippen LogP contribution in [0.25, 0.3) is 0 Å². The molecule has 1 amide bonds. The maximum Gasteiger partial charge on any atom is 0.251 e. The van der Waals surface area contributed by atoms with Crippen molar-refractivity contribution >= 4 is 11.6 Å². The average Bonchev–Trinajstić information content (AvgIpc) is 2.75. The maximum absolute atomic E-state index is 12.8. The number of anilines is 1. The number of carbonyl (C=O) groups is 1. The van der Waals surface area contributed by atoms with Crippen LogP contribution >= 0.6 is 0 Å². The number of hydrogen-bond donors (Lipinski definition) is 1. The number of nitrogens with one attached hydrogen (secondary N) is 1. The number of carbonyl (C=O) groups excluding carboxylic acids is 1. The Hall–Kier alpha value is -2.53. The van der Waals surface area contributed by atoms with Crippen LogP contribution < -0.4 is 15.0 Å². The summed E-state index contributed by atoms with van der Waals surface area (Å²) in [6.07, 6.45) is 3.71. The topological polar surface area (TPSA) is 44.8 Å². The van der Waals surface area contributed by atoms with Gasteiger partial charge in [0.1, 0.15) is 5.75 Å². The van der Waals surface area contributed by atoms with Crippen LogP contribution in [-0.4, -0.2) is 51.6 Å². The second-order valence-corrected chi connectivity index (χ2v) is 7.54. The third-order valence-corrected chi connectivity index (χ3v) is 5.41. The van der Waals surface area contributed by atoms with E-state index in [9.17, 15) is 4.79 Å². The molecule has 150 valence electrons. The summed E-state index contributed by atoms with van der Waals surface area (Å²) < 4.78 is 5.29. The highest BCUT2D eigenvalue weighted by Crippen LogP contribution is 2.26. The average molecular weight is 382 g/mol. The van der Waals surface area contributed by atoms with Gasteiger partial charge < -0.3 is 15.0 Å². The molecular formula is C23H31N3O2. The number of benzene rings is 2. The second-order valence-electron chi connectivity index (χ2n) is 7.54. The molecule has 1 heterocycles. The standard InChI is InChI=1S/C23H31N3O2/c1-25(2)20-9-7-8-19(16-20)23(27)24-17-22(26-14-5-4-6-15-26)18-10-12-21(28-3)13-11-18/h7-13,16,22H,4-6,14-15,17H2,1-3H3,(H,24,27)/t22-/m1/s1. The Bertz CT molecular complexity index is 768. The highest BCUT2D eigenvalue weighted by Gasteiger charge is 2.23. The summed E-state index contributed by atoms with van der Waals surface area (Å²) in [5.41, 5.74) is 2.93. The van der Waals surface area contributed by atoms with Crippen molar-refractivity contribution in [1.29, 1.82) is 0 Å². The normalized spacial score (nSPS) is 15.7. The van der Waals surface area contributed by atoms with Crippen LogP contribution in [0.4, 0.5) is 5.69 Å². The first-order valence-corrected chi connectivity index (χ1v) is 10.0. The van der Waals surface area contributed by atoms with Gasteiger partial charge in [0.2, 0.25) is 0 Å². The molecule has 1 saturated heterocycles. The zero-order valence-corrected chi connectivity index (χ0v) is 17.1. The number of amides is 1. The number of likely N-dealkylation sites (tertiary alicyclic amines) is 1. The van der Waals surface area contributed by atoms with E-state index in [0.717, 1.165) is 24.5 Å². The molecule has 1 aliphatic heterocycles. The van der Waals surface area contributed by atoms with E-state index in [1.165, 1.54) is 24.8 Å². The minimum absolute atomic E-state index is 0.0285. The zero-order valence-electron chi connectivity index (χ0n) is 17.1. The van der Waals surface area contributed by atoms with E-state index >= 15 is 0 Å². The summed E-state index contributed by atoms with van der Waals surface area (Å²) in [6.45, 7) is 2.74. The van der Waals surface area contributed by atoms with E-state index in [1.807, 2.05) is 55.4 Å². The molecule has 0 aliphatic carbocycles. The Labute approximate surface area is 168 Å². The predicted molar refractivity (Wildman–Crippen MR) is 114 cm³/mol. The molecule has 28 heavy (non-hydrogen) atoms. The first-order chi connectivity index (χ1) is 13.6. The van der Waals surface area contributed by atoms with Gasteiger partial charge in [0.15, 0.2) is 0 Å². The lowest BCUT2D eigenvalue weighted by Crippen LogP contribution is -2.40. The molecular weight excluding hydrogens is 350 g/mol. The fraction of sp³-hybridized carbons (Fsp3) is 0.435. The molecule has 1 atom stereocenters. The quantitative estimate of drug-likeness (QED) is 0.794. The molecule has 5 heteroatoms. The van der Waals surface area contributed by atoms with Crippen LogP contribution in [0.1, 0.15) is 41.2 Å². The Morgan fingerprint density at radius 3 is 2.46 bits per heavy atom. The van der Waals surface area contributed by atoms with E-state index in [1.54, 1.807) is 7.11 Å². The third-order valence-electron chi connectivity index (χ3n) is 5.41. The first-order valence-electron chi connectivity index (χ1n) is 10.0. The van der Waals surface area contributed by atoms with E-state index < -0.39 is 0 Å². The van der Waals surface area contributed by atoms with Crippen LogP contribution in [0.3, 0.4) is 0 Å². The van der Waals surface area contributed by atoms with Gasteiger partial charge >= 0.3 is 0 Å². The van der Waals surface area contributed by atoms with Gasteiger partial charge in [-0.1, -0.05) is 24.6 Å². The molecule has 3 rings (SSSR count). The molecule has 0 unspecified atom stereocenters. The van der Waals surface area contributed by atoms with Gasteiger partial charge in [0.05, 0.1) is 13.2 Å². The van der Waals surface area contributed by atoms with Crippen molar-refractivity contribution in [3.05, 3.63) is 59.7 Å². The first kappa shape index (κ1) is 20.2. The van der Waals surface area contributed by atoms with Crippen molar-refractivity contribution in [2.75, 3.05) is 45.7 Å². The molecule has 0 bridgehead atoms. The summed E-state index contributed by atoms with van der Waals surface area (Å²) in [5.74, 6) is 0.824. The molecule has 0 radical (unpaired) electrons. The van der Waals surface area contributed by atoms with Gasteiger partial charge in [-0.25, -0.2) is 0 Å². The molecule has 2 aromatic carbocycles. The molecule has 2 aromatic rings. The van der Waals surface area contributed by atoms with E-state index in [4.69, 9.17) is 4.74 Å². The minimum Gasteiger partial charge on any atom is -0.497 e. The van der Waals surface area contributed by atoms with Crippen molar-refractivity contribution < 1.29 is 9.53 Å². The number of rotatable bonds is 7. The fourth-order valence-electron chi connectivity index (χ4n) is 3.73. The number of ether oxygens (including phenoxy) is 1. The van der Waals surface area contributed by atoms with Crippen molar-refractivity contribution in [3.63, 3.8) is 0 Å². The van der Waals surface area contributed by atoms with Crippen LogP contribution in [-0.2, 0) is 0 Å². The van der Waals surface area contributed by atoms with Crippen LogP contribution in [0.15, 0.2) is 48.5 Å². The lowest BCUT2D eigenvalue weighted by molar-refractivity contribution is 0.0924. The highest BCUT2D eigenvalue weighted by molar-refractivity contribution is 5.95. The zero-order chi connectivity index (χ0) is 19.9. The summed E-state index contributed by atoms with van der Waals surface area (Å²) >= 11 is 0. The van der Waals surface area contributed by atoms with Gasteiger partial charge in [0.25, 0.3) is 5.91 Å². The predicted octanol–water partition coefficient (Wildman–Crippen LogP) is 3.72. The lowest BCUT2D eigenvalue weighted by Gasteiger charge is -2.35. The van der Waals surface area contributed by atoms with Crippen molar-refractivity contribution in [3.8, 4) is 5.75 Å². The molecule has 0 aromatic heterocycles. The van der Waals surface area contributed by atoms with E-state index in [-0.39, 0.29) is 11.9 Å². The largest absolute Gasteiger partial charge is 0.497 e. The fourth-order valence-corrected chi connectivity index (χ4v) is 3.73. The number of nitrogens with zero attached hydrogens (tertiary/aromatic N) is 2. The number of methoxy groups -OCH3 is 1. The summed E-state index contributed by atoms with van der Waals surface area (Å²) in [7, 11) is 5.64. The molecule has 1 N–H and O–H groups in total. The van der Waals surface area contributed by atoms with Crippen molar-refractivity contribution in [2.45, 2.75) is 25.3 Å². The maximum atomic E-state index is 12.8. The van der Waals surface area contributed by atoms with Crippen LogP contribution in [0, 0.1) is 0 Å². The molecule has 5 nitrogen and oxygen atoms in total. The summed E-state index contributed by atoms with van der Waals surface area (Å²) in [4.78, 5) is 17.3. The summed E-state index contributed by atoms with van der Waals surface area (Å²) in [6, 6.07) is 16.1. The molecule has 0 saturated carbocycles. The Balaban J connectivity index is 1.73. The number of piperidine rings is 1. The van der Waals surface area contributed by atoms with E-state index in [2.05, 4.69) is 22.3 Å². The number of hydrogen-bond acceptors (Lipinski definition) is 4. The van der Waals surface area contributed by atoms with Gasteiger partial charge in [-0.3, -0.25) is 9.69 Å². The monoisotopic (exact) mass is 381 g/mol. The van der Waals surface area contributed by atoms with Crippen LogP contribution in [0.2, 0.25) is 0 Å². The Morgan fingerprint density at radius 1 is 1.11 bits per heavy atom. The van der Waals surface area contributed by atoms with Gasteiger partial charge in [0, 0.05) is 31.9 Å². The minimum atomic E-state index is -0.0285. The summed E-state index contributed by atoms with van der Waals surface area (Å²) in [5, 5.41) is 3.16. The van der Waals surface area contributed by atoms with Gasteiger partial charge in [-0.15, -0.1) is 0 Å². The molecule has 1 fully saturated rings. The highest BCUT2D eigenvalue weighted by atomic mass is 16.5.